The molecule has 1 atom stereocenters. The molecule has 0 aliphatic carbocycles. The predicted octanol–water partition coefficient (Wildman–Crippen LogP) is 1.92. The smallest absolute Gasteiger partial charge is 0.233 e. The molecule has 0 bridgehead atoms. The van der Waals surface area contributed by atoms with Gasteiger partial charge in [0.2, 0.25) is 5.91 Å². The van der Waals surface area contributed by atoms with E-state index in [1.54, 1.807) is 12.3 Å². The molecule has 0 radical (unpaired) electrons. The molecule has 3 N–H and O–H groups in total. The van der Waals surface area contributed by atoms with Gasteiger partial charge in [0, 0.05) is 17.6 Å². The Morgan fingerprint density at radius 2 is 2.18 bits per heavy atom. The van der Waals surface area contributed by atoms with Crippen LogP contribution in [0.3, 0.4) is 0 Å². The minimum Gasteiger partial charge on any atom is -0.384 e. The molecule has 0 fully saturated rings. The zero-order valence-corrected chi connectivity index (χ0v) is 11.3. The van der Waals surface area contributed by atoms with Gasteiger partial charge in [0.1, 0.15) is 5.82 Å². The first-order valence-electron chi connectivity index (χ1n) is 5.65. The van der Waals surface area contributed by atoms with Crippen molar-refractivity contribution in [3.63, 3.8) is 0 Å². The summed E-state index contributed by atoms with van der Waals surface area (Å²) >= 11 is 1.48. The molecule has 4 nitrogen and oxygen atoms in total. The van der Waals surface area contributed by atoms with Crippen molar-refractivity contribution in [3.8, 4) is 0 Å². The lowest BCUT2D eigenvalue weighted by atomic mass is 10.2. The topological polar surface area (TPSA) is 68.0 Å². The number of amides is 1. The van der Waals surface area contributed by atoms with E-state index >= 15 is 0 Å². The fourth-order valence-electron chi connectivity index (χ4n) is 1.17. The molecule has 1 aromatic heterocycles. The van der Waals surface area contributed by atoms with Crippen molar-refractivity contribution in [2.24, 2.45) is 5.92 Å². The average molecular weight is 253 g/mol. The Morgan fingerprint density at radius 1 is 1.47 bits per heavy atom. The number of pyridine rings is 1. The third kappa shape index (κ3) is 5.08. The second kappa shape index (κ2) is 6.49. The summed E-state index contributed by atoms with van der Waals surface area (Å²) in [5.41, 5.74) is 5.50. The summed E-state index contributed by atoms with van der Waals surface area (Å²) in [5, 5.41) is 2.78. The van der Waals surface area contributed by atoms with Crippen LogP contribution in [0.4, 0.5) is 5.82 Å². The van der Waals surface area contributed by atoms with Gasteiger partial charge in [0.25, 0.3) is 0 Å². The monoisotopic (exact) mass is 253 g/mol. The molecule has 0 saturated carbocycles. The Morgan fingerprint density at radius 3 is 2.71 bits per heavy atom. The summed E-state index contributed by atoms with van der Waals surface area (Å²) < 4.78 is 0. The number of anilines is 1. The molecule has 94 valence electrons. The van der Waals surface area contributed by atoms with Crippen molar-refractivity contribution in [1.82, 2.24) is 10.3 Å². The lowest BCUT2D eigenvalue weighted by Crippen LogP contribution is -2.33. The number of hydrogen-bond acceptors (Lipinski definition) is 4. The van der Waals surface area contributed by atoms with Gasteiger partial charge in [0.15, 0.2) is 0 Å². The predicted molar refractivity (Wildman–Crippen MR) is 71.8 cm³/mol. The van der Waals surface area contributed by atoms with Crippen LogP contribution < -0.4 is 11.1 Å². The van der Waals surface area contributed by atoms with E-state index in [-0.39, 0.29) is 11.2 Å². The van der Waals surface area contributed by atoms with Crippen molar-refractivity contribution in [2.45, 2.75) is 30.9 Å². The second-order valence-corrected chi connectivity index (χ2v) is 5.73. The van der Waals surface area contributed by atoms with Crippen LogP contribution in [0.15, 0.2) is 23.2 Å². The number of carbonyl (C=O) groups is 1. The number of rotatable bonds is 5. The van der Waals surface area contributed by atoms with Gasteiger partial charge in [-0.25, -0.2) is 4.98 Å². The lowest BCUT2D eigenvalue weighted by molar-refractivity contribution is -0.120. The summed E-state index contributed by atoms with van der Waals surface area (Å²) in [7, 11) is 0. The highest BCUT2D eigenvalue weighted by atomic mass is 32.2. The highest BCUT2D eigenvalue weighted by molar-refractivity contribution is 8.00. The van der Waals surface area contributed by atoms with Gasteiger partial charge in [0.05, 0.1) is 5.25 Å². The molecule has 0 spiro atoms. The summed E-state index contributed by atoms with van der Waals surface area (Å²) in [4.78, 5) is 16.7. The van der Waals surface area contributed by atoms with Gasteiger partial charge in [-0.3, -0.25) is 4.79 Å². The Bertz CT molecular complexity index is 365. The molecule has 0 aliphatic heterocycles. The number of nitrogens with zero attached hydrogens (tertiary/aromatic N) is 1. The summed E-state index contributed by atoms with van der Waals surface area (Å²) in [6.07, 6.45) is 1.69. The van der Waals surface area contributed by atoms with Crippen molar-refractivity contribution in [2.75, 3.05) is 12.3 Å². The molecular formula is C12H19N3OS. The third-order valence-electron chi connectivity index (χ3n) is 2.13. The summed E-state index contributed by atoms with van der Waals surface area (Å²) in [5.74, 6) is 1.01. The van der Waals surface area contributed by atoms with Crippen LogP contribution >= 0.6 is 11.8 Å². The first kappa shape index (κ1) is 13.8. The van der Waals surface area contributed by atoms with Gasteiger partial charge < -0.3 is 11.1 Å². The van der Waals surface area contributed by atoms with Gasteiger partial charge in [-0.15, -0.1) is 11.8 Å². The van der Waals surface area contributed by atoms with Crippen LogP contribution in [0.25, 0.3) is 0 Å². The Balaban J connectivity index is 2.45. The van der Waals surface area contributed by atoms with Crippen LogP contribution in [0, 0.1) is 5.92 Å². The van der Waals surface area contributed by atoms with E-state index in [0.717, 1.165) is 4.90 Å². The maximum absolute atomic E-state index is 11.7. The highest BCUT2D eigenvalue weighted by Crippen LogP contribution is 2.22. The number of nitrogens with two attached hydrogens (primary N) is 1. The number of hydrogen-bond donors (Lipinski definition) is 2. The first-order valence-corrected chi connectivity index (χ1v) is 6.53. The van der Waals surface area contributed by atoms with Crippen LogP contribution in [-0.2, 0) is 4.79 Å². The molecule has 0 aromatic carbocycles. The minimum absolute atomic E-state index is 0.0560. The summed E-state index contributed by atoms with van der Waals surface area (Å²) in [6, 6.07) is 3.61. The van der Waals surface area contributed by atoms with Gasteiger partial charge in [-0.2, -0.15) is 0 Å². The largest absolute Gasteiger partial charge is 0.384 e. The Hall–Kier alpha value is -1.23. The Labute approximate surface area is 106 Å². The fourth-order valence-corrected chi connectivity index (χ4v) is 2.03. The van der Waals surface area contributed by atoms with Gasteiger partial charge in [-0.1, -0.05) is 13.8 Å². The van der Waals surface area contributed by atoms with Crippen molar-refractivity contribution in [1.29, 1.82) is 0 Å². The zero-order chi connectivity index (χ0) is 12.8. The Kier molecular flexibility index (Phi) is 5.28. The molecule has 1 rings (SSSR count). The molecule has 1 amide bonds. The van der Waals surface area contributed by atoms with Crippen LogP contribution in [0.2, 0.25) is 0 Å². The van der Waals surface area contributed by atoms with E-state index in [4.69, 9.17) is 5.73 Å². The maximum atomic E-state index is 11.7. The molecule has 17 heavy (non-hydrogen) atoms. The SMILES string of the molecule is CC(C)CNC(=O)C(C)Sc1ccc(N)nc1. The quantitative estimate of drug-likeness (QED) is 0.787. The number of nitrogen functional groups attached to an aromatic ring is 1. The summed E-state index contributed by atoms with van der Waals surface area (Å²) in [6.45, 7) is 6.74. The number of thioether (sulfide) groups is 1. The number of nitrogens with one attached hydrogen (secondary N) is 1. The van der Waals surface area contributed by atoms with Crippen LogP contribution in [0.5, 0.6) is 0 Å². The van der Waals surface area contributed by atoms with E-state index < -0.39 is 0 Å². The molecule has 1 aromatic rings. The van der Waals surface area contributed by atoms with Crippen LogP contribution in [0.1, 0.15) is 20.8 Å². The highest BCUT2D eigenvalue weighted by Gasteiger charge is 2.14. The van der Waals surface area contributed by atoms with Crippen LogP contribution in [-0.4, -0.2) is 22.7 Å². The van der Waals surface area contributed by atoms with E-state index in [0.29, 0.717) is 18.3 Å². The number of carbonyl (C=O) groups excluding carboxylic acids is 1. The van der Waals surface area contributed by atoms with Gasteiger partial charge >= 0.3 is 0 Å². The zero-order valence-electron chi connectivity index (χ0n) is 10.4. The molecule has 1 heterocycles. The fraction of sp³-hybridized carbons (Fsp3) is 0.500. The standard InChI is InChI=1S/C12H19N3OS/c1-8(2)6-15-12(16)9(3)17-10-4-5-11(13)14-7-10/h4-5,7-9H,6H2,1-3H3,(H2,13,14)(H,15,16). The first-order chi connectivity index (χ1) is 7.99. The normalized spacial score (nSPS) is 12.5. The molecule has 1 unspecified atom stereocenters. The van der Waals surface area contributed by atoms with E-state index in [1.807, 2.05) is 13.0 Å². The average Bonchev–Trinajstić information content (AvgIpc) is 2.28. The minimum atomic E-state index is -0.126. The van der Waals surface area contributed by atoms with E-state index in [2.05, 4.69) is 24.1 Å². The molecule has 0 saturated heterocycles. The van der Waals surface area contributed by atoms with Crippen molar-refractivity contribution in [3.05, 3.63) is 18.3 Å². The second-order valence-electron chi connectivity index (χ2n) is 4.32. The molecule has 5 heteroatoms. The third-order valence-corrected chi connectivity index (χ3v) is 3.21. The van der Waals surface area contributed by atoms with E-state index in [9.17, 15) is 4.79 Å². The molecule has 0 aliphatic rings. The van der Waals surface area contributed by atoms with Gasteiger partial charge in [-0.05, 0) is 25.0 Å². The number of aromatic nitrogens is 1. The molecular weight excluding hydrogens is 234 g/mol. The lowest BCUT2D eigenvalue weighted by Gasteiger charge is -2.13. The van der Waals surface area contributed by atoms with Crippen molar-refractivity contribution < 1.29 is 4.79 Å². The van der Waals surface area contributed by atoms with E-state index in [1.165, 1.54) is 11.8 Å². The van der Waals surface area contributed by atoms with Crippen molar-refractivity contribution >= 4 is 23.5 Å². The maximum Gasteiger partial charge on any atom is 0.233 e.